The summed E-state index contributed by atoms with van der Waals surface area (Å²) in [5, 5.41) is 0.424. The van der Waals surface area contributed by atoms with Crippen LogP contribution in [0.2, 0.25) is 5.15 Å². The van der Waals surface area contributed by atoms with Crippen LogP contribution in [-0.2, 0) is 6.42 Å². The van der Waals surface area contributed by atoms with E-state index in [-0.39, 0.29) is 0 Å². The van der Waals surface area contributed by atoms with Gasteiger partial charge in [0, 0.05) is 12.6 Å². The molecule has 0 N–H and O–H groups in total. The molecule has 3 aromatic heterocycles. The number of pyridine rings is 1. The van der Waals surface area contributed by atoms with Crippen LogP contribution in [0.1, 0.15) is 18.3 Å². The molecule has 3 rings (SSSR count). The van der Waals surface area contributed by atoms with Gasteiger partial charge in [0.1, 0.15) is 17.0 Å². The van der Waals surface area contributed by atoms with Crippen LogP contribution in [0.3, 0.4) is 0 Å². The fourth-order valence-corrected chi connectivity index (χ4v) is 2.07. The summed E-state index contributed by atoms with van der Waals surface area (Å²) in [4.78, 5) is 13.2. The second kappa shape index (κ2) is 3.67. The van der Waals surface area contributed by atoms with Gasteiger partial charge in [-0.1, -0.05) is 18.5 Å². The lowest BCUT2D eigenvalue weighted by atomic mass is 10.3. The molecule has 3 heterocycles. The van der Waals surface area contributed by atoms with Crippen molar-refractivity contribution in [1.29, 1.82) is 0 Å². The standard InChI is InChI=1S/C12H11ClN4/c1-3-8-14-11(13)10-12(15-8)17-5-4-7(2)6-9(17)16-10/h4-6H,3H2,1-2H3. The van der Waals surface area contributed by atoms with Crippen LogP contribution in [0.4, 0.5) is 0 Å². The first-order chi connectivity index (χ1) is 8.19. The van der Waals surface area contributed by atoms with Gasteiger partial charge in [-0.15, -0.1) is 0 Å². The van der Waals surface area contributed by atoms with Crippen molar-refractivity contribution in [1.82, 2.24) is 19.4 Å². The van der Waals surface area contributed by atoms with Crippen LogP contribution in [0.5, 0.6) is 0 Å². The molecule has 4 nitrogen and oxygen atoms in total. The van der Waals surface area contributed by atoms with Crippen LogP contribution in [0.25, 0.3) is 16.8 Å². The molecule has 0 fully saturated rings. The molecule has 0 unspecified atom stereocenters. The van der Waals surface area contributed by atoms with E-state index in [0.29, 0.717) is 10.7 Å². The number of imidazole rings is 1. The molecule has 0 amide bonds. The lowest BCUT2D eigenvalue weighted by molar-refractivity contribution is 0.950. The second-order valence-corrected chi connectivity index (χ2v) is 4.36. The summed E-state index contributed by atoms with van der Waals surface area (Å²) in [6.45, 7) is 4.04. The lowest BCUT2D eigenvalue weighted by Crippen LogP contribution is -1.95. The minimum atomic E-state index is 0.424. The average Bonchev–Trinajstić information content (AvgIpc) is 2.67. The van der Waals surface area contributed by atoms with Crippen LogP contribution in [0.15, 0.2) is 18.3 Å². The highest BCUT2D eigenvalue weighted by atomic mass is 35.5. The fraction of sp³-hybridized carbons (Fsp3) is 0.250. The van der Waals surface area contributed by atoms with Crippen molar-refractivity contribution < 1.29 is 0 Å². The van der Waals surface area contributed by atoms with Gasteiger partial charge in [-0.3, -0.25) is 4.40 Å². The van der Waals surface area contributed by atoms with Crippen molar-refractivity contribution in [3.05, 3.63) is 34.9 Å². The second-order valence-electron chi connectivity index (χ2n) is 4.00. The SMILES string of the molecule is CCc1nc(Cl)c2nc3cc(C)ccn3c2n1. The number of rotatable bonds is 1. The molecule has 17 heavy (non-hydrogen) atoms. The van der Waals surface area contributed by atoms with Crippen molar-refractivity contribution in [2.24, 2.45) is 0 Å². The van der Waals surface area contributed by atoms with E-state index >= 15 is 0 Å². The Morgan fingerprint density at radius 2 is 2.12 bits per heavy atom. The quantitative estimate of drug-likeness (QED) is 0.620. The summed E-state index contributed by atoms with van der Waals surface area (Å²) >= 11 is 6.13. The molecule has 0 atom stereocenters. The van der Waals surface area contributed by atoms with E-state index in [2.05, 4.69) is 15.0 Å². The summed E-state index contributed by atoms with van der Waals surface area (Å²) in [5.41, 5.74) is 3.45. The lowest BCUT2D eigenvalue weighted by Gasteiger charge is -1.98. The number of aromatic nitrogens is 4. The Labute approximate surface area is 103 Å². The van der Waals surface area contributed by atoms with Crippen molar-refractivity contribution in [3.63, 3.8) is 0 Å². The van der Waals surface area contributed by atoms with Gasteiger partial charge in [0.05, 0.1) is 0 Å². The van der Waals surface area contributed by atoms with Gasteiger partial charge in [-0.2, -0.15) is 0 Å². The molecule has 86 valence electrons. The van der Waals surface area contributed by atoms with Gasteiger partial charge in [0.25, 0.3) is 0 Å². The Morgan fingerprint density at radius 3 is 2.88 bits per heavy atom. The fourth-order valence-electron chi connectivity index (χ4n) is 1.85. The van der Waals surface area contributed by atoms with Gasteiger partial charge in [-0.25, -0.2) is 15.0 Å². The van der Waals surface area contributed by atoms with Gasteiger partial charge < -0.3 is 0 Å². The first-order valence-electron chi connectivity index (χ1n) is 5.50. The van der Waals surface area contributed by atoms with Crippen LogP contribution >= 0.6 is 11.6 Å². The van der Waals surface area contributed by atoms with E-state index in [0.717, 1.165) is 29.1 Å². The number of halogens is 1. The third-order valence-corrected chi connectivity index (χ3v) is 2.99. The highest BCUT2D eigenvalue weighted by Crippen LogP contribution is 2.21. The predicted octanol–water partition coefficient (Wildman–Crippen LogP) is 2.80. The third-order valence-electron chi connectivity index (χ3n) is 2.73. The zero-order chi connectivity index (χ0) is 12.0. The van der Waals surface area contributed by atoms with Crippen LogP contribution < -0.4 is 0 Å². The molecular formula is C12H11ClN4. The predicted molar refractivity (Wildman–Crippen MR) is 67.4 cm³/mol. The number of aryl methyl sites for hydroxylation is 2. The van der Waals surface area contributed by atoms with Crippen LogP contribution in [-0.4, -0.2) is 19.4 Å². The maximum absolute atomic E-state index is 6.13. The van der Waals surface area contributed by atoms with Crippen molar-refractivity contribution >= 4 is 28.4 Å². The van der Waals surface area contributed by atoms with E-state index in [9.17, 15) is 0 Å². The zero-order valence-electron chi connectivity index (χ0n) is 9.61. The Kier molecular flexibility index (Phi) is 2.26. The largest absolute Gasteiger partial charge is 0.284 e. The molecule has 0 spiro atoms. The normalized spacial score (nSPS) is 11.5. The highest BCUT2D eigenvalue weighted by Gasteiger charge is 2.11. The van der Waals surface area contributed by atoms with Gasteiger partial charge in [0.2, 0.25) is 0 Å². The van der Waals surface area contributed by atoms with Gasteiger partial charge >= 0.3 is 0 Å². The molecule has 0 radical (unpaired) electrons. The summed E-state index contributed by atoms with van der Waals surface area (Å²) in [6, 6.07) is 4.03. The molecule has 0 bridgehead atoms. The van der Waals surface area contributed by atoms with E-state index in [1.54, 1.807) is 0 Å². The van der Waals surface area contributed by atoms with E-state index in [1.165, 1.54) is 0 Å². The summed E-state index contributed by atoms with van der Waals surface area (Å²) in [7, 11) is 0. The maximum atomic E-state index is 6.13. The molecule has 0 aliphatic rings. The Morgan fingerprint density at radius 1 is 1.29 bits per heavy atom. The highest BCUT2D eigenvalue weighted by molar-refractivity contribution is 6.33. The van der Waals surface area contributed by atoms with Gasteiger partial charge in [-0.05, 0) is 24.6 Å². The monoisotopic (exact) mass is 246 g/mol. The molecular weight excluding hydrogens is 236 g/mol. The average molecular weight is 247 g/mol. The first kappa shape index (κ1) is 10.5. The smallest absolute Gasteiger partial charge is 0.169 e. The van der Waals surface area contributed by atoms with E-state index < -0.39 is 0 Å². The molecule has 0 aromatic carbocycles. The summed E-state index contributed by atoms with van der Waals surface area (Å²) in [5.74, 6) is 0.741. The van der Waals surface area contributed by atoms with Crippen molar-refractivity contribution in [3.8, 4) is 0 Å². The molecule has 5 heteroatoms. The van der Waals surface area contributed by atoms with Gasteiger partial charge in [0.15, 0.2) is 10.8 Å². The van der Waals surface area contributed by atoms with E-state index in [1.807, 2.05) is 36.6 Å². The van der Waals surface area contributed by atoms with Crippen molar-refractivity contribution in [2.45, 2.75) is 20.3 Å². The van der Waals surface area contributed by atoms with Crippen molar-refractivity contribution in [2.75, 3.05) is 0 Å². The molecule has 0 aliphatic carbocycles. The Hall–Kier alpha value is -1.68. The van der Waals surface area contributed by atoms with E-state index in [4.69, 9.17) is 11.6 Å². The van der Waals surface area contributed by atoms with Crippen LogP contribution in [0, 0.1) is 6.92 Å². The topological polar surface area (TPSA) is 43.1 Å². The summed E-state index contributed by atoms with van der Waals surface area (Å²) < 4.78 is 1.94. The maximum Gasteiger partial charge on any atom is 0.169 e. The number of nitrogens with zero attached hydrogens (tertiary/aromatic N) is 4. The first-order valence-corrected chi connectivity index (χ1v) is 5.87. The zero-order valence-corrected chi connectivity index (χ0v) is 10.4. The number of fused-ring (bicyclic) bond motifs is 3. The molecule has 0 saturated carbocycles. The minimum Gasteiger partial charge on any atom is -0.284 e. The third kappa shape index (κ3) is 1.56. The molecule has 0 saturated heterocycles. The molecule has 3 aromatic rings. The number of hydrogen-bond donors (Lipinski definition) is 0. The Bertz CT molecular complexity index is 717. The number of hydrogen-bond acceptors (Lipinski definition) is 3. The summed E-state index contributed by atoms with van der Waals surface area (Å²) in [6.07, 6.45) is 2.72. The minimum absolute atomic E-state index is 0.424. The Balaban J connectivity index is 2.47. The molecule has 0 aliphatic heterocycles.